The average Bonchev–Trinajstić information content (AvgIpc) is 2.81. The number of methoxy groups -OCH3 is 1. The molecular formula is C18H15NO3S2. The topological polar surface area (TPSA) is 49.8 Å². The number of ether oxygens (including phenoxy) is 1. The van der Waals surface area contributed by atoms with Crippen LogP contribution in [0.25, 0.3) is 6.08 Å². The zero-order valence-electron chi connectivity index (χ0n) is 13.1. The zero-order valence-corrected chi connectivity index (χ0v) is 14.8. The van der Waals surface area contributed by atoms with E-state index in [-0.39, 0.29) is 11.7 Å². The van der Waals surface area contributed by atoms with Crippen LogP contribution < -0.4 is 9.64 Å². The Morgan fingerprint density at radius 1 is 1.25 bits per heavy atom. The largest absolute Gasteiger partial charge is 0.504 e. The molecule has 1 fully saturated rings. The number of amides is 1. The number of thioether (sulfide) groups is 1. The smallest absolute Gasteiger partial charge is 0.270 e. The fourth-order valence-electron chi connectivity index (χ4n) is 2.41. The molecule has 4 nitrogen and oxygen atoms in total. The fraction of sp³-hybridized carbons (Fsp3) is 0.111. The number of aromatic hydroxyl groups is 1. The molecule has 0 aliphatic carbocycles. The van der Waals surface area contributed by atoms with Crippen molar-refractivity contribution in [2.75, 3.05) is 12.0 Å². The van der Waals surface area contributed by atoms with Gasteiger partial charge in [0.05, 0.1) is 17.7 Å². The summed E-state index contributed by atoms with van der Waals surface area (Å²) in [6.45, 7) is 1.97. The molecule has 2 aromatic rings. The fourth-order valence-corrected chi connectivity index (χ4v) is 3.70. The van der Waals surface area contributed by atoms with Gasteiger partial charge in [-0.2, -0.15) is 0 Å². The zero-order chi connectivity index (χ0) is 17.3. The van der Waals surface area contributed by atoms with Crippen LogP contribution in [0.15, 0.2) is 47.4 Å². The van der Waals surface area contributed by atoms with Crippen molar-refractivity contribution >= 4 is 46.0 Å². The molecule has 0 bridgehead atoms. The van der Waals surface area contributed by atoms with Gasteiger partial charge in [-0.15, -0.1) is 0 Å². The Kier molecular flexibility index (Phi) is 4.59. The summed E-state index contributed by atoms with van der Waals surface area (Å²) in [7, 11) is 1.49. The summed E-state index contributed by atoms with van der Waals surface area (Å²) in [5.41, 5.74) is 2.53. The minimum atomic E-state index is -0.161. The number of hydrogen-bond acceptors (Lipinski definition) is 5. The first-order valence-electron chi connectivity index (χ1n) is 7.21. The van der Waals surface area contributed by atoms with Crippen LogP contribution >= 0.6 is 24.0 Å². The van der Waals surface area contributed by atoms with Crippen molar-refractivity contribution in [1.82, 2.24) is 0 Å². The van der Waals surface area contributed by atoms with Crippen LogP contribution in [0.5, 0.6) is 11.5 Å². The number of phenols is 1. The lowest BCUT2D eigenvalue weighted by atomic mass is 10.1. The lowest BCUT2D eigenvalue weighted by Gasteiger charge is -2.14. The number of rotatable bonds is 3. The summed E-state index contributed by atoms with van der Waals surface area (Å²) < 4.78 is 5.52. The van der Waals surface area contributed by atoms with Crippen LogP contribution in [0.3, 0.4) is 0 Å². The number of nitrogens with zero attached hydrogens (tertiary/aromatic N) is 1. The number of anilines is 1. The summed E-state index contributed by atoms with van der Waals surface area (Å²) >= 11 is 6.61. The van der Waals surface area contributed by atoms with Crippen molar-refractivity contribution in [2.24, 2.45) is 0 Å². The molecule has 3 rings (SSSR count). The second-order valence-corrected chi connectivity index (χ2v) is 6.96. The van der Waals surface area contributed by atoms with Crippen LogP contribution in [0.1, 0.15) is 11.1 Å². The number of benzene rings is 2. The normalized spacial score (nSPS) is 16.1. The number of thiocarbonyl (C=S) groups is 1. The summed E-state index contributed by atoms with van der Waals surface area (Å²) in [5.74, 6) is 0.255. The molecule has 0 spiro atoms. The quantitative estimate of drug-likeness (QED) is 0.662. The molecule has 24 heavy (non-hydrogen) atoms. The van der Waals surface area contributed by atoms with Crippen LogP contribution in [0.2, 0.25) is 0 Å². The monoisotopic (exact) mass is 357 g/mol. The Hall–Kier alpha value is -2.31. The van der Waals surface area contributed by atoms with Gasteiger partial charge < -0.3 is 9.84 Å². The van der Waals surface area contributed by atoms with Gasteiger partial charge in [-0.05, 0) is 48.4 Å². The van der Waals surface area contributed by atoms with Crippen molar-refractivity contribution in [3.8, 4) is 11.5 Å². The van der Waals surface area contributed by atoms with E-state index in [0.29, 0.717) is 20.5 Å². The maximum atomic E-state index is 12.7. The van der Waals surface area contributed by atoms with Crippen molar-refractivity contribution in [3.63, 3.8) is 0 Å². The predicted molar refractivity (Wildman–Crippen MR) is 101 cm³/mol. The average molecular weight is 357 g/mol. The summed E-state index contributed by atoms with van der Waals surface area (Å²) in [6, 6.07) is 12.6. The molecule has 1 amide bonds. The third-order valence-electron chi connectivity index (χ3n) is 3.55. The molecule has 0 radical (unpaired) electrons. The van der Waals surface area contributed by atoms with Crippen molar-refractivity contribution in [2.45, 2.75) is 6.92 Å². The van der Waals surface area contributed by atoms with E-state index in [9.17, 15) is 9.90 Å². The maximum Gasteiger partial charge on any atom is 0.270 e. The van der Waals surface area contributed by atoms with Gasteiger partial charge in [0.2, 0.25) is 0 Å². The minimum absolute atomic E-state index is 0.0282. The second-order valence-electron chi connectivity index (χ2n) is 5.29. The van der Waals surface area contributed by atoms with E-state index in [1.807, 2.05) is 31.2 Å². The predicted octanol–water partition coefficient (Wildman–Crippen LogP) is 4.12. The van der Waals surface area contributed by atoms with E-state index in [1.54, 1.807) is 24.3 Å². The summed E-state index contributed by atoms with van der Waals surface area (Å²) in [4.78, 5) is 14.8. The Bertz CT molecular complexity index is 861. The molecule has 1 saturated heterocycles. The Labute approximate surface area is 149 Å². The molecule has 0 atom stereocenters. The lowest BCUT2D eigenvalue weighted by Crippen LogP contribution is -2.27. The van der Waals surface area contributed by atoms with Crippen molar-refractivity contribution < 1.29 is 14.6 Å². The lowest BCUT2D eigenvalue weighted by molar-refractivity contribution is -0.113. The van der Waals surface area contributed by atoms with E-state index in [1.165, 1.54) is 23.8 Å². The number of carbonyl (C=O) groups excluding carboxylic acids is 1. The highest BCUT2D eigenvalue weighted by Crippen LogP contribution is 2.37. The Morgan fingerprint density at radius 3 is 2.71 bits per heavy atom. The van der Waals surface area contributed by atoms with Gasteiger partial charge >= 0.3 is 0 Å². The van der Waals surface area contributed by atoms with E-state index in [4.69, 9.17) is 17.0 Å². The summed E-state index contributed by atoms with van der Waals surface area (Å²) in [5, 5.41) is 9.86. The first-order valence-corrected chi connectivity index (χ1v) is 8.43. The number of phenolic OH excluding ortho intramolecular Hbond substituents is 1. The van der Waals surface area contributed by atoms with Gasteiger partial charge in [-0.1, -0.05) is 42.2 Å². The maximum absolute atomic E-state index is 12.7. The Balaban J connectivity index is 1.92. The number of aryl methyl sites for hydroxylation is 1. The van der Waals surface area contributed by atoms with Crippen LogP contribution in [0.4, 0.5) is 5.69 Å². The standard InChI is InChI=1S/C18H15NO3S2/c1-11-4-3-5-13(8-11)19-17(21)16(24-18(19)23)10-12-6-7-15(22-2)14(20)9-12/h3-10,20H,1-2H3/b16-10-. The molecule has 122 valence electrons. The van der Waals surface area contributed by atoms with Gasteiger partial charge in [0.1, 0.15) is 0 Å². The van der Waals surface area contributed by atoms with Gasteiger partial charge in [0.25, 0.3) is 5.91 Å². The molecule has 1 aliphatic heterocycles. The molecule has 0 aromatic heterocycles. The van der Waals surface area contributed by atoms with Crippen LogP contribution in [0, 0.1) is 6.92 Å². The third-order valence-corrected chi connectivity index (χ3v) is 4.86. The van der Waals surface area contributed by atoms with Gasteiger partial charge in [0, 0.05) is 0 Å². The van der Waals surface area contributed by atoms with E-state index < -0.39 is 0 Å². The Morgan fingerprint density at radius 2 is 2.04 bits per heavy atom. The van der Waals surface area contributed by atoms with Gasteiger partial charge in [-0.3, -0.25) is 9.69 Å². The van der Waals surface area contributed by atoms with Gasteiger partial charge in [0.15, 0.2) is 15.8 Å². The number of hydrogen-bond donors (Lipinski definition) is 1. The van der Waals surface area contributed by atoms with Gasteiger partial charge in [-0.25, -0.2) is 0 Å². The molecule has 1 heterocycles. The van der Waals surface area contributed by atoms with Crippen LogP contribution in [-0.2, 0) is 4.79 Å². The highest BCUT2D eigenvalue weighted by Gasteiger charge is 2.33. The first-order chi connectivity index (χ1) is 11.5. The highest BCUT2D eigenvalue weighted by atomic mass is 32.2. The minimum Gasteiger partial charge on any atom is -0.504 e. The van der Waals surface area contributed by atoms with E-state index >= 15 is 0 Å². The number of carbonyl (C=O) groups is 1. The molecule has 0 unspecified atom stereocenters. The third kappa shape index (κ3) is 3.16. The van der Waals surface area contributed by atoms with Crippen LogP contribution in [-0.4, -0.2) is 22.4 Å². The van der Waals surface area contributed by atoms with E-state index in [2.05, 4.69) is 0 Å². The molecule has 2 aromatic carbocycles. The highest BCUT2D eigenvalue weighted by molar-refractivity contribution is 8.27. The van der Waals surface area contributed by atoms with Crippen molar-refractivity contribution in [1.29, 1.82) is 0 Å². The second kappa shape index (κ2) is 6.67. The summed E-state index contributed by atoms with van der Waals surface area (Å²) in [6.07, 6.45) is 1.72. The molecule has 0 saturated carbocycles. The van der Waals surface area contributed by atoms with E-state index in [0.717, 1.165) is 11.3 Å². The van der Waals surface area contributed by atoms with Crippen molar-refractivity contribution in [3.05, 3.63) is 58.5 Å². The molecular weight excluding hydrogens is 342 g/mol. The molecule has 1 N–H and O–H groups in total. The molecule has 6 heteroatoms. The molecule has 1 aliphatic rings. The SMILES string of the molecule is COc1ccc(/C=C2\SC(=S)N(c3cccc(C)c3)C2=O)cc1O. The first kappa shape index (κ1) is 16.5.